The van der Waals surface area contributed by atoms with Gasteiger partial charge in [0, 0.05) is 41.3 Å². The molecule has 0 radical (unpaired) electrons. The third-order valence-corrected chi connectivity index (χ3v) is 6.96. The summed E-state index contributed by atoms with van der Waals surface area (Å²) in [6, 6.07) is 18.8. The third-order valence-electron chi connectivity index (χ3n) is 5.77. The molecule has 3 aromatic rings. The molecule has 0 unspecified atom stereocenters. The van der Waals surface area contributed by atoms with Crippen LogP contribution in [0.3, 0.4) is 0 Å². The summed E-state index contributed by atoms with van der Waals surface area (Å²) in [6.07, 6.45) is 2.44. The number of halogens is 1. The van der Waals surface area contributed by atoms with Gasteiger partial charge in [-0.1, -0.05) is 29.8 Å². The fraction of sp³-hybridized carbons (Fsp3) is 0.308. The van der Waals surface area contributed by atoms with E-state index in [1.54, 1.807) is 35.6 Å². The molecule has 1 aromatic heterocycles. The number of benzene rings is 2. The van der Waals surface area contributed by atoms with Crippen LogP contribution in [-0.4, -0.2) is 44.1 Å². The Kier molecular flexibility index (Phi) is 8.44. The molecule has 6 nitrogen and oxygen atoms in total. The van der Waals surface area contributed by atoms with E-state index in [-0.39, 0.29) is 24.5 Å². The van der Waals surface area contributed by atoms with Crippen molar-refractivity contribution in [3.8, 4) is 5.75 Å². The first-order chi connectivity index (χ1) is 16.6. The number of piperidine rings is 1. The summed E-state index contributed by atoms with van der Waals surface area (Å²) in [6.45, 7) is 2.11. The van der Waals surface area contributed by atoms with Gasteiger partial charge >= 0.3 is 0 Å². The molecule has 0 saturated carbocycles. The zero-order chi connectivity index (χ0) is 23.8. The number of para-hydroxylation sites is 1. The third kappa shape index (κ3) is 6.74. The SMILES string of the molecule is O=C(COc1ccc(Cl)cc1)NC1CCN(c2ccccc2C(=O)NCCc2cccs2)CC1. The van der Waals surface area contributed by atoms with Gasteiger partial charge in [0.25, 0.3) is 11.8 Å². The van der Waals surface area contributed by atoms with Gasteiger partial charge in [0.05, 0.1) is 5.56 Å². The van der Waals surface area contributed by atoms with Crippen LogP contribution in [0.25, 0.3) is 0 Å². The van der Waals surface area contributed by atoms with E-state index >= 15 is 0 Å². The number of hydrogen-bond donors (Lipinski definition) is 2. The van der Waals surface area contributed by atoms with Gasteiger partial charge in [-0.3, -0.25) is 9.59 Å². The molecule has 0 atom stereocenters. The lowest BCUT2D eigenvalue weighted by Crippen LogP contribution is -2.46. The first kappa shape index (κ1) is 24.1. The van der Waals surface area contributed by atoms with Crippen molar-refractivity contribution in [3.63, 3.8) is 0 Å². The van der Waals surface area contributed by atoms with Crippen molar-refractivity contribution in [3.05, 3.63) is 81.5 Å². The summed E-state index contributed by atoms with van der Waals surface area (Å²) in [4.78, 5) is 28.6. The minimum Gasteiger partial charge on any atom is -0.484 e. The molecule has 2 amide bonds. The largest absolute Gasteiger partial charge is 0.484 e. The molecule has 2 heterocycles. The summed E-state index contributed by atoms with van der Waals surface area (Å²) in [7, 11) is 0. The molecular formula is C26H28ClN3O3S. The Balaban J connectivity index is 1.24. The number of ether oxygens (including phenoxy) is 1. The quantitative estimate of drug-likeness (QED) is 0.455. The standard InChI is InChI=1S/C26H28ClN3O3S/c27-19-7-9-21(10-8-19)33-18-25(31)29-20-12-15-30(16-13-20)24-6-2-1-5-23(24)26(32)28-14-11-22-4-3-17-34-22/h1-10,17,20H,11-16,18H2,(H,28,32)(H,29,31). The van der Waals surface area contributed by atoms with Crippen molar-refractivity contribution in [2.24, 2.45) is 0 Å². The van der Waals surface area contributed by atoms with Crippen molar-refractivity contribution in [1.29, 1.82) is 0 Å². The van der Waals surface area contributed by atoms with E-state index in [9.17, 15) is 9.59 Å². The van der Waals surface area contributed by atoms with Gasteiger partial charge < -0.3 is 20.3 Å². The summed E-state index contributed by atoms with van der Waals surface area (Å²) >= 11 is 7.57. The van der Waals surface area contributed by atoms with Gasteiger partial charge in [0.1, 0.15) is 5.75 Å². The summed E-state index contributed by atoms with van der Waals surface area (Å²) in [5, 5.41) is 8.77. The van der Waals surface area contributed by atoms with Crippen LogP contribution in [0, 0.1) is 0 Å². The van der Waals surface area contributed by atoms with E-state index in [1.807, 2.05) is 35.7 Å². The van der Waals surface area contributed by atoms with Crippen LogP contribution in [0.4, 0.5) is 5.69 Å². The van der Waals surface area contributed by atoms with E-state index in [2.05, 4.69) is 21.6 Å². The van der Waals surface area contributed by atoms with Gasteiger partial charge in [-0.25, -0.2) is 0 Å². The van der Waals surface area contributed by atoms with Gasteiger partial charge in [-0.15, -0.1) is 11.3 Å². The maximum absolute atomic E-state index is 12.8. The van der Waals surface area contributed by atoms with Crippen LogP contribution in [0.15, 0.2) is 66.0 Å². The Morgan fingerprint density at radius 1 is 1.03 bits per heavy atom. The predicted octanol–water partition coefficient (Wildman–Crippen LogP) is 4.54. The maximum atomic E-state index is 12.8. The minimum atomic E-state index is -0.140. The highest BCUT2D eigenvalue weighted by Crippen LogP contribution is 2.24. The highest BCUT2D eigenvalue weighted by Gasteiger charge is 2.23. The molecular weight excluding hydrogens is 470 g/mol. The molecule has 1 saturated heterocycles. The molecule has 8 heteroatoms. The van der Waals surface area contributed by atoms with Crippen LogP contribution in [-0.2, 0) is 11.2 Å². The number of nitrogens with one attached hydrogen (secondary N) is 2. The van der Waals surface area contributed by atoms with Crippen molar-refractivity contribution in [1.82, 2.24) is 10.6 Å². The molecule has 1 aliphatic rings. The highest BCUT2D eigenvalue weighted by molar-refractivity contribution is 7.09. The fourth-order valence-electron chi connectivity index (χ4n) is 4.00. The number of nitrogens with zero attached hydrogens (tertiary/aromatic N) is 1. The van der Waals surface area contributed by atoms with Crippen molar-refractivity contribution in [2.45, 2.75) is 25.3 Å². The number of hydrogen-bond acceptors (Lipinski definition) is 5. The van der Waals surface area contributed by atoms with Crippen molar-refractivity contribution >= 4 is 40.4 Å². The number of carbonyl (C=O) groups excluding carboxylic acids is 2. The van der Waals surface area contributed by atoms with Crippen LogP contribution >= 0.6 is 22.9 Å². The second kappa shape index (κ2) is 11.9. The average Bonchev–Trinajstić information content (AvgIpc) is 3.38. The van der Waals surface area contributed by atoms with Crippen LogP contribution in [0.1, 0.15) is 28.1 Å². The highest BCUT2D eigenvalue weighted by atomic mass is 35.5. The fourth-order valence-corrected chi connectivity index (χ4v) is 4.84. The summed E-state index contributed by atoms with van der Waals surface area (Å²) in [5.74, 6) is 0.417. The smallest absolute Gasteiger partial charge is 0.258 e. The van der Waals surface area contributed by atoms with E-state index in [0.717, 1.165) is 38.0 Å². The molecule has 34 heavy (non-hydrogen) atoms. The number of rotatable bonds is 9. The van der Waals surface area contributed by atoms with Crippen LogP contribution in [0.2, 0.25) is 5.02 Å². The normalized spacial score (nSPS) is 14.0. The van der Waals surface area contributed by atoms with Crippen LogP contribution in [0.5, 0.6) is 5.75 Å². The zero-order valence-corrected chi connectivity index (χ0v) is 20.4. The van der Waals surface area contributed by atoms with E-state index < -0.39 is 0 Å². The molecule has 2 aromatic carbocycles. The zero-order valence-electron chi connectivity index (χ0n) is 18.8. The predicted molar refractivity (Wildman–Crippen MR) is 137 cm³/mol. The molecule has 178 valence electrons. The average molecular weight is 498 g/mol. The molecule has 1 fully saturated rings. The number of carbonyl (C=O) groups is 2. The van der Waals surface area contributed by atoms with Crippen molar-refractivity contribution < 1.29 is 14.3 Å². The Morgan fingerprint density at radius 3 is 2.53 bits per heavy atom. The minimum absolute atomic E-state index is 0.0314. The number of amides is 2. The van der Waals surface area contributed by atoms with Crippen molar-refractivity contribution in [2.75, 3.05) is 31.1 Å². The molecule has 1 aliphatic heterocycles. The first-order valence-corrected chi connectivity index (χ1v) is 12.7. The van der Waals surface area contributed by atoms with Gasteiger partial charge in [0.15, 0.2) is 6.61 Å². The topological polar surface area (TPSA) is 70.7 Å². The lowest BCUT2D eigenvalue weighted by Gasteiger charge is -2.34. The lowest BCUT2D eigenvalue weighted by molar-refractivity contribution is -0.123. The van der Waals surface area contributed by atoms with E-state index in [0.29, 0.717) is 22.9 Å². The van der Waals surface area contributed by atoms with E-state index in [4.69, 9.17) is 16.3 Å². The maximum Gasteiger partial charge on any atom is 0.258 e. The lowest BCUT2D eigenvalue weighted by atomic mass is 10.0. The monoisotopic (exact) mass is 497 g/mol. The van der Waals surface area contributed by atoms with E-state index in [1.165, 1.54) is 4.88 Å². The molecule has 0 spiro atoms. The second-order valence-corrected chi connectivity index (χ2v) is 9.64. The molecule has 4 rings (SSSR count). The van der Waals surface area contributed by atoms with Gasteiger partial charge in [-0.05, 0) is 67.1 Å². The Hall–Kier alpha value is -3.03. The van der Waals surface area contributed by atoms with Crippen LogP contribution < -0.4 is 20.3 Å². The molecule has 0 bridgehead atoms. The molecule has 2 N–H and O–H groups in total. The second-order valence-electron chi connectivity index (χ2n) is 8.17. The Bertz CT molecular complexity index is 1080. The molecule has 0 aliphatic carbocycles. The van der Waals surface area contributed by atoms with Gasteiger partial charge in [-0.2, -0.15) is 0 Å². The Morgan fingerprint density at radius 2 is 1.79 bits per heavy atom. The number of anilines is 1. The summed E-state index contributed by atoms with van der Waals surface area (Å²) in [5.41, 5.74) is 1.62. The first-order valence-electron chi connectivity index (χ1n) is 11.4. The summed E-state index contributed by atoms with van der Waals surface area (Å²) < 4.78 is 5.53. The Labute approximate surface area is 208 Å². The van der Waals surface area contributed by atoms with Gasteiger partial charge in [0.2, 0.25) is 0 Å². The number of thiophene rings is 1.